The molecule has 0 radical (unpaired) electrons. The molecular formula is C20H19BrN2O3. The first-order chi connectivity index (χ1) is 12.6. The molecule has 5 nitrogen and oxygen atoms in total. The Balaban J connectivity index is 2.16. The van der Waals surface area contributed by atoms with E-state index in [1.54, 1.807) is 6.07 Å². The second kappa shape index (κ2) is 9.64. The third-order valence-electron chi connectivity index (χ3n) is 3.59. The summed E-state index contributed by atoms with van der Waals surface area (Å²) >= 11 is 3.43. The smallest absolute Gasteiger partial charge is 0.414 e. The Kier molecular flexibility index (Phi) is 7.24. The van der Waals surface area contributed by atoms with Crippen molar-refractivity contribution in [2.45, 2.75) is 13.5 Å². The van der Waals surface area contributed by atoms with Crippen molar-refractivity contribution in [3.05, 3.63) is 64.1 Å². The molecule has 0 unspecified atom stereocenters. The fourth-order valence-corrected chi connectivity index (χ4v) is 2.71. The first-order valence-corrected chi connectivity index (χ1v) is 8.65. The quantitative estimate of drug-likeness (QED) is 0.394. The van der Waals surface area contributed by atoms with Crippen LogP contribution >= 0.6 is 15.9 Å². The van der Waals surface area contributed by atoms with E-state index in [2.05, 4.69) is 27.0 Å². The van der Waals surface area contributed by atoms with E-state index >= 15 is 0 Å². The molecule has 0 spiro atoms. The van der Waals surface area contributed by atoms with Gasteiger partial charge in [0.25, 0.3) is 0 Å². The zero-order chi connectivity index (χ0) is 18.9. The monoisotopic (exact) mass is 414 g/mol. The predicted octanol–water partition coefficient (Wildman–Crippen LogP) is 4.60. The summed E-state index contributed by atoms with van der Waals surface area (Å²) in [5, 5.41) is 4.16. The van der Waals surface area contributed by atoms with Gasteiger partial charge in [-0.15, -0.1) is 6.42 Å². The molecule has 6 heteroatoms. The number of oxime groups is 1. The molecule has 0 N–H and O–H groups in total. The minimum atomic E-state index is -0.524. The van der Waals surface area contributed by atoms with Crippen molar-refractivity contribution in [2.24, 2.45) is 5.16 Å². The van der Waals surface area contributed by atoms with E-state index in [0.29, 0.717) is 5.69 Å². The molecule has 2 aromatic carbocycles. The molecule has 0 heterocycles. The number of anilines is 1. The van der Waals surface area contributed by atoms with Crippen molar-refractivity contribution in [3.63, 3.8) is 0 Å². The number of hydrogen-bond donors (Lipinski definition) is 0. The van der Waals surface area contributed by atoms with Crippen molar-refractivity contribution in [2.75, 3.05) is 18.6 Å². The summed E-state index contributed by atoms with van der Waals surface area (Å²) in [5.74, 6) is 2.46. The molecule has 0 saturated heterocycles. The van der Waals surface area contributed by atoms with Gasteiger partial charge in [0.1, 0.15) is 6.61 Å². The zero-order valence-corrected chi connectivity index (χ0v) is 16.2. The van der Waals surface area contributed by atoms with Crippen LogP contribution in [0.5, 0.6) is 0 Å². The van der Waals surface area contributed by atoms with E-state index in [4.69, 9.17) is 16.0 Å². The third kappa shape index (κ3) is 5.11. The van der Waals surface area contributed by atoms with E-state index in [1.807, 2.05) is 49.4 Å². The lowest BCUT2D eigenvalue weighted by atomic mass is 10.1. The van der Waals surface area contributed by atoms with E-state index in [9.17, 15) is 4.79 Å². The fourth-order valence-electron chi connectivity index (χ4n) is 2.31. The number of nitrogens with zero attached hydrogens (tertiary/aromatic N) is 2. The van der Waals surface area contributed by atoms with E-state index in [0.717, 1.165) is 21.3 Å². The van der Waals surface area contributed by atoms with Gasteiger partial charge in [0, 0.05) is 15.6 Å². The van der Waals surface area contributed by atoms with Crippen molar-refractivity contribution in [1.29, 1.82) is 0 Å². The lowest BCUT2D eigenvalue weighted by Crippen LogP contribution is -2.31. The fraction of sp³-hybridized carbons (Fsp3) is 0.200. The van der Waals surface area contributed by atoms with Gasteiger partial charge >= 0.3 is 6.09 Å². The summed E-state index contributed by atoms with van der Waals surface area (Å²) in [5.41, 5.74) is 3.11. The van der Waals surface area contributed by atoms with Gasteiger partial charge < -0.3 is 9.57 Å². The van der Waals surface area contributed by atoms with Crippen LogP contribution in [0.2, 0.25) is 0 Å². The number of benzene rings is 2. The zero-order valence-electron chi connectivity index (χ0n) is 14.6. The molecule has 0 bridgehead atoms. The van der Waals surface area contributed by atoms with Gasteiger partial charge in [-0.1, -0.05) is 57.3 Å². The molecule has 2 aromatic rings. The Morgan fingerprint density at radius 2 is 2.04 bits per heavy atom. The van der Waals surface area contributed by atoms with Crippen molar-refractivity contribution in [3.8, 4) is 12.3 Å². The Bertz CT molecular complexity index is 843. The minimum Gasteiger partial charge on any atom is -0.452 e. The molecule has 1 amide bonds. The Hall–Kier alpha value is -2.78. The highest BCUT2D eigenvalue weighted by molar-refractivity contribution is 9.10. The predicted molar refractivity (Wildman–Crippen MR) is 106 cm³/mol. The second-order valence-corrected chi connectivity index (χ2v) is 6.27. The van der Waals surface area contributed by atoms with Gasteiger partial charge in [-0.3, -0.25) is 4.90 Å². The first kappa shape index (κ1) is 19.5. The largest absolute Gasteiger partial charge is 0.452 e. The van der Waals surface area contributed by atoms with Crippen LogP contribution in [0.15, 0.2) is 58.2 Å². The lowest BCUT2D eigenvalue weighted by Gasteiger charge is -2.21. The molecule has 2 rings (SSSR count). The van der Waals surface area contributed by atoms with Crippen LogP contribution < -0.4 is 4.90 Å². The number of para-hydroxylation sites is 1. The van der Waals surface area contributed by atoms with Crippen LogP contribution in [0.3, 0.4) is 0 Å². The normalized spacial score (nSPS) is 10.8. The molecule has 26 heavy (non-hydrogen) atoms. The maximum absolute atomic E-state index is 12.0. The molecule has 0 aliphatic heterocycles. The number of terminal acetylenes is 1. The molecule has 0 aromatic heterocycles. The first-order valence-electron chi connectivity index (χ1n) is 7.86. The van der Waals surface area contributed by atoms with Gasteiger partial charge in [-0.05, 0) is 25.1 Å². The van der Waals surface area contributed by atoms with Crippen molar-refractivity contribution < 1.29 is 14.4 Å². The molecule has 0 fully saturated rings. The van der Waals surface area contributed by atoms with Gasteiger partial charge in [0.05, 0.1) is 25.1 Å². The van der Waals surface area contributed by atoms with Gasteiger partial charge in [-0.2, -0.15) is 0 Å². The van der Waals surface area contributed by atoms with Crippen LogP contribution in [0.25, 0.3) is 0 Å². The summed E-state index contributed by atoms with van der Waals surface area (Å²) in [4.78, 5) is 18.9. The van der Waals surface area contributed by atoms with E-state index in [1.165, 1.54) is 12.0 Å². The second-order valence-electron chi connectivity index (χ2n) is 5.35. The maximum Gasteiger partial charge on any atom is 0.414 e. The van der Waals surface area contributed by atoms with Crippen LogP contribution in [0.4, 0.5) is 10.5 Å². The number of amides is 1. The molecule has 134 valence electrons. The van der Waals surface area contributed by atoms with Crippen LogP contribution in [-0.4, -0.2) is 25.5 Å². The topological polar surface area (TPSA) is 51.1 Å². The van der Waals surface area contributed by atoms with E-state index < -0.39 is 6.09 Å². The highest BCUT2D eigenvalue weighted by Crippen LogP contribution is 2.22. The average Bonchev–Trinajstić information content (AvgIpc) is 2.66. The van der Waals surface area contributed by atoms with Crippen LogP contribution in [-0.2, 0) is 16.2 Å². The Morgan fingerprint density at radius 3 is 2.73 bits per heavy atom. The molecular weight excluding hydrogens is 396 g/mol. The van der Waals surface area contributed by atoms with Crippen LogP contribution in [0, 0.1) is 12.3 Å². The standard InChI is InChI=1S/C20H19BrN2O3/c1-4-12-23(20(24)25-3)19-11-6-5-8-17(19)14-26-22-15(2)16-9-7-10-18(21)13-16/h1,5-11,13H,12,14H2,2-3H3. The number of ether oxygens (including phenoxy) is 1. The van der Waals surface area contributed by atoms with Gasteiger partial charge in [-0.25, -0.2) is 4.79 Å². The summed E-state index contributed by atoms with van der Waals surface area (Å²) in [6.45, 7) is 2.16. The lowest BCUT2D eigenvalue weighted by molar-refractivity contribution is 0.130. The maximum atomic E-state index is 12.0. The third-order valence-corrected chi connectivity index (χ3v) is 4.08. The number of methoxy groups -OCH3 is 1. The van der Waals surface area contributed by atoms with E-state index in [-0.39, 0.29) is 13.2 Å². The number of carbonyl (C=O) groups excluding carboxylic acids is 1. The number of rotatable bonds is 6. The van der Waals surface area contributed by atoms with Crippen molar-refractivity contribution in [1.82, 2.24) is 0 Å². The number of hydrogen-bond acceptors (Lipinski definition) is 4. The summed E-state index contributed by atoms with van der Waals surface area (Å²) < 4.78 is 5.77. The average molecular weight is 415 g/mol. The molecule has 0 aliphatic rings. The van der Waals surface area contributed by atoms with Crippen LogP contribution in [0.1, 0.15) is 18.1 Å². The summed E-state index contributed by atoms with van der Waals surface area (Å²) in [6.07, 6.45) is 4.85. The van der Waals surface area contributed by atoms with Gasteiger partial charge in [0.15, 0.2) is 0 Å². The van der Waals surface area contributed by atoms with Gasteiger partial charge in [0.2, 0.25) is 0 Å². The molecule has 0 saturated carbocycles. The summed E-state index contributed by atoms with van der Waals surface area (Å²) in [6, 6.07) is 15.1. The number of carbonyl (C=O) groups is 1. The SMILES string of the molecule is C#CCN(C(=O)OC)c1ccccc1CON=C(C)c1cccc(Br)c1. The highest BCUT2D eigenvalue weighted by Gasteiger charge is 2.18. The molecule has 0 aliphatic carbocycles. The summed E-state index contributed by atoms with van der Waals surface area (Å²) in [7, 11) is 1.32. The number of halogens is 1. The Morgan fingerprint density at radius 1 is 1.27 bits per heavy atom. The highest BCUT2D eigenvalue weighted by atomic mass is 79.9. The minimum absolute atomic E-state index is 0.101. The Labute approximate surface area is 161 Å². The molecule has 0 atom stereocenters. The van der Waals surface area contributed by atoms with Crippen molar-refractivity contribution >= 4 is 33.4 Å².